The first kappa shape index (κ1) is 18.5. The van der Waals surface area contributed by atoms with Crippen molar-refractivity contribution < 1.29 is 14.3 Å². The molecule has 1 aromatic rings. The van der Waals surface area contributed by atoms with Crippen molar-refractivity contribution in [1.29, 1.82) is 0 Å². The largest absolute Gasteiger partial charge is 0.466 e. The number of aryl methyl sites for hydroxylation is 1. The van der Waals surface area contributed by atoms with Gasteiger partial charge in [0, 0.05) is 13.0 Å². The molecule has 0 saturated heterocycles. The fourth-order valence-corrected chi connectivity index (χ4v) is 3.34. The van der Waals surface area contributed by atoms with E-state index in [1.807, 2.05) is 13.0 Å². The molecule has 0 fully saturated rings. The first-order chi connectivity index (χ1) is 11.7. The Hall–Kier alpha value is -1.84. The van der Waals surface area contributed by atoms with Crippen LogP contribution in [-0.4, -0.2) is 25.0 Å². The summed E-state index contributed by atoms with van der Waals surface area (Å²) in [5.41, 5.74) is 2.53. The molecule has 1 aliphatic rings. The van der Waals surface area contributed by atoms with E-state index >= 15 is 0 Å². The minimum Gasteiger partial charge on any atom is -0.466 e. The SMILES string of the molecule is CCOC(=O)CCCCCCNC(=O)C1CCCc2ccccc21. The number of fused-ring (bicyclic) bond motifs is 1. The summed E-state index contributed by atoms with van der Waals surface area (Å²) in [4.78, 5) is 23.7. The van der Waals surface area contributed by atoms with Gasteiger partial charge in [-0.05, 0) is 50.2 Å². The van der Waals surface area contributed by atoms with E-state index in [9.17, 15) is 9.59 Å². The summed E-state index contributed by atoms with van der Waals surface area (Å²) in [7, 11) is 0. The van der Waals surface area contributed by atoms with Gasteiger partial charge in [-0.25, -0.2) is 0 Å². The van der Waals surface area contributed by atoms with Gasteiger partial charge in [0.25, 0.3) is 0 Å². The molecule has 1 aromatic carbocycles. The maximum atomic E-state index is 12.4. The van der Waals surface area contributed by atoms with E-state index < -0.39 is 0 Å². The van der Waals surface area contributed by atoms with Crippen molar-refractivity contribution in [3.8, 4) is 0 Å². The van der Waals surface area contributed by atoms with Gasteiger partial charge in [-0.15, -0.1) is 0 Å². The Bertz CT molecular complexity index is 541. The van der Waals surface area contributed by atoms with Crippen LogP contribution in [0.1, 0.15) is 68.9 Å². The van der Waals surface area contributed by atoms with E-state index in [1.165, 1.54) is 11.1 Å². The van der Waals surface area contributed by atoms with Gasteiger partial charge in [0.15, 0.2) is 0 Å². The number of esters is 1. The van der Waals surface area contributed by atoms with Crippen LogP contribution in [0.15, 0.2) is 24.3 Å². The van der Waals surface area contributed by atoms with Crippen LogP contribution in [0.4, 0.5) is 0 Å². The highest BCUT2D eigenvalue weighted by atomic mass is 16.5. The van der Waals surface area contributed by atoms with E-state index in [0.717, 1.165) is 51.5 Å². The molecular weight excluding hydrogens is 302 g/mol. The van der Waals surface area contributed by atoms with E-state index in [0.29, 0.717) is 13.0 Å². The number of carbonyl (C=O) groups is 2. The minimum absolute atomic E-state index is 0.0127. The quantitative estimate of drug-likeness (QED) is 0.554. The Morgan fingerprint density at radius 1 is 1.17 bits per heavy atom. The zero-order valence-electron chi connectivity index (χ0n) is 14.7. The highest BCUT2D eigenvalue weighted by Crippen LogP contribution is 2.31. The number of benzene rings is 1. The lowest BCUT2D eigenvalue weighted by atomic mass is 9.82. The lowest BCUT2D eigenvalue weighted by Crippen LogP contribution is -2.32. The maximum Gasteiger partial charge on any atom is 0.305 e. The van der Waals surface area contributed by atoms with Crippen LogP contribution in [0.25, 0.3) is 0 Å². The van der Waals surface area contributed by atoms with Crippen molar-refractivity contribution in [1.82, 2.24) is 5.32 Å². The maximum absolute atomic E-state index is 12.4. The van der Waals surface area contributed by atoms with Crippen LogP contribution in [0, 0.1) is 0 Å². The van der Waals surface area contributed by atoms with Gasteiger partial charge in [0.2, 0.25) is 5.91 Å². The van der Waals surface area contributed by atoms with Gasteiger partial charge in [0.05, 0.1) is 12.5 Å². The summed E-state index contributed by atoms with van der Waals surface area (Å²) in [5.74, 6) is 0.0641. The summed E-state index contributed by atoms with van der Waals surface area (Å²) in [5, 5.41) is 3.08. The van der Waals surface area contributed by atoms with Crippen LogP contribution in [0.5, 0.6) is 0 Å². The molecule has 1 N–H and O–H groups in total. The molecule has 0 bridgehead atoms. The number of nitrogens with one attached hydrogen (secondary N) is 1. The lowest BCUT2D eigenvalue weighted by Gasteiger charge is -2.24. The molecule has 0 heterocycles. The smallest absolute Gasteiger partial charge is 0.305 e. The number of unbranched alkanes of at least 4 members (excludes halogenated alkanes) is 3. The summed E-state index contributed by atoms with van der Waals surface area (Å²) < 4.78 is 4.90. The van der Waals surface area contributed by atoms with Crippen LogP contribution in [-0.2, 0) is 20.7 Å². The van der Waals surface area contributed by atoms with Crippen LogP contribution >= 0.6 is 0 Å². The lowest BCUT2D eigenvalue weighted by molar-refractivity contribution is -0.143. The molecule has 1 unspecified atom stereocenters. The molecule has 132 valence electrons. The summed E-state index contributed by atoms with van der Waals surface area (Å²) >= 11 is 0. The predicted molar refractivity (Wildman–Crippen MR) is 94.8 cm³/mol. The van der Waals surface area contributed by atoms with E-state index in [2.05, 4.69) is 23.5 Å². The van der Waals surface area contributed by atoms with Crippen molar-refractivity contribution in [2.24, 2.45) is 0 Å². The first-order valence-corrected chi connectivity index (χ1v) is 9.23. The zero-order valence-corrected chi connectivity index (χ0v) is 14.7. The van der Waals surface area contributed by atoms with Crippen LogP contribution < -0.4 is 5.32 Å². The van der Waals surface area contributed by atoms with E-state index in [1.54, 1.807) is 0 Å². The van der Waals surface area contributed by atoms with Crippen LogP contribution in [0.2, 0.25) is 0 Å². The third kappa shape index (κ3) is 5.66. The summed E-state index contributed by atoms with van der Waals surface area (Å²) in [6.45, 7) is 3.00. The fourth-order valence-electron chi connectivity index (χ4n) is 3.34. The van der Waals surface area contributed by atoms with Gasteiger partial charge in [-0.1, -0.05) is 37.1 Å². The second-order valence-corrected chi connectivity index (χ2v) is 6.40. The number of amides is 1. The Balaban J connectivity index is 1.62. The van der Waals surface area contributed by atoms with E-state index in [4.69, 9.17) is 4.74 Å². The topological polar surface area (TPSA) is 55.4 Å². The number of ether oxygens (including phenoxy) is 1. The average molecular weight is 331 g/mol. The van der Waals surface area contributed by atoms with E-state index in [-0.39, 0.29) is 17.8 Å². The molecule has 0 aromatic heterocycles. The molecule has 4 heteroatoms. The number of carbonyl (C=O) groups excluding carboxylic acids is 2. The van der Waals surface area contributed by atoms with Gasteiger partial charge < -0.3 is 10.1 Å². The molecule has 1 aliphatic carbocycles. The standard InChI is InChI=1S/C20H29NO3/c1-2-24-19(22)14-5-3-4-8-15-21-20(23)18-13-9-11-16-10-6-7-12-17(16)18/h6-7,10,12,18H,2-5,8-9,11,13-15H2,1H3,(H,21,23). The number of hydrogen-bond acceptors (Lipinski definition) is 3. The Kier molecular flexibility index (Phi) is 7.80. The minimum atomic E-state index is -0.109. The normalized spacial score (nSPS) is 16.3. The van der Waals surface area contributed by atoms with Gasteiger partial charge in [0.1, 0.15) is 0 Å². The molecule has 2 rings (SSSR count). The second kappa shape index (κ2) is 10.1. The Morgan fingerprint density at radius 3 is 2.79 bits per heavy atom. The van der Waals surface area contributed by atoms with Crippen molar-refractivity contribution >= 4 is 11.9 Å². The average Bonchev–Trinajstić information content (AvgIpc) is 2.60. The molecule has 1 amide bonds. The third-order valence-corrected chi connectivity index (χ3v) is 4.60. The van der Waals surface area contributed by atoms with Crippen molar-refractivity contribution in [2.45, 2.75) is 64.2 Å². The third-order valence-electron chi connectivity index (χ3n) is 4.60. The molecule has 0 saturated carbocycles. The molecule has 1 atom stereocenters. The van der Waals surface area contributed by atoms with Gasteiger partial charge in [-0.2, -0.15) is 0 Å². The second-order valence-electron chi connectivity index (χ2n) is 6.40. The van der Waals surface area contributed by atoms with Crippen molar-refractivity contribution in [3.63, 3.8) is 0 Å². The van der Waals surface area contributed by atoms with Crippen molar-refractivity contribution in [2.75, 3.05) is 13.2 Å². The van der Waals surface area contributed by atoms with Crippen molar-refractivity contribution in [3.05, 3.63) is 35.4 Å². The molecule has 24 heavy (non-hydrogen) atoms. The molecule has 4 nitrogen and oxygen atoms in total. The first-order valence-electron chi connectivity index (χ1n) is 9.23. The fraction of sp³-hybridized carbons (Fsp3) is 0.600. The zero-order chi connectivity index (χ0) is 17.2. The Morgan fingerprint density at radius 2 is 1.96 bits per heavy atom. The van der Waals surface area contributed by atoms with Gasteiger partial charge >= 0.3 is 5.97 Å². The molecule has 0 radical (unpaired) electrons. The monoisotopic (exact) mass is 331 g/mol. The molecule has 0 aliphatic heterocycles. The highest BCUT2D eigenvalue weighted by Gasteiger charge is 2.25. The Labute approximate surface area is 145 Å². The predicted octanol–water partition coefficient (Wildman–Crippen LogP) is 3.74. The number of hydrogen-bond donors (Lipinski definition) is 1. The highest BCUT2D eigenvalue weighted by molar-refractivity contribution is 5.84. The molecule has 0 spiro atoms. The van der Waals surface area contributed by atoms with Gasteiger partial charge in [-0.3, -0.25) is 9.59 Å². The summed E-state index contributed by atoms with van der Waals surface area (Å²) in [6, 6.07) is 8.30. The van der Waals surface area contributed by atoms with Crippen LogP contribution in [0.3, 0.4) is 0 Å². The summed E-state index contributed by atoms with van der Waals surface area (Å²) in [6.07, 6.45) is 7.47. The number of rotatable bonds is 9. The molecular formula is C20H29NO3.